The van der Waals surface area contributed by atoms with Crippen LogP contribution in [0, 0.1) is 23.7 Å². The molecule has 15 heteroatoms. The van der Waals surface area contributed by atoms with Gasteiger partial charge < -0.3 is 69.5 Å². The molecule has 0 aromatic carbocycles. The summed E-state index contributed by atoms with van der Waals surface area (Å²) in [5.74, 6) is -4.34. The zero-order valence-electron chi connectivity index (χ0n) is 27.0. The van der Waals surface area contributed by atoms with E-state index in [0.717, 1.165) is 42.6 Å². The van der Waals surface area contributed by atoms with Gasteiger partial charge in [-0.2, -0.15) is 0 Å². The molecule has 0 aromatic rings. The van der Waals surface area contributed by atoms with Gasteiger partial charge in [0.2, 0.25) is 6.29 Å². The van der Waals surface area contributed by atoms with Crippen LogP contribution in [-0.2, 0) is 28.5 Å². The van der Waals surface area contributed by atoms with Gasteiger partial charge in [-0.3, -0.25) is 0 Å². The van der Waals surface area contributed by atoms with Crippen LogP contribution in [-0.4, -0.2) is 137 Å². The molecule has 0 bridgehead atoms. The van der Waals surface area contributed by atoms with Crippen LogP contribution >= 0.6 is 0 Å². The minimum Gasteiger partial charge on any atom is -0.550 e. The topological polar surface area (TPSA) is 240 Å². The van der Waals surface area contributed by atoms with Crippen molar-refractivity contribution >= 4 is 11.9 Å². The molecular weight excluding hydrogens is 634 g/mol. The number of piperidine rings is 1. The monoisotopic (exact) mass is 685 g/mol. The van der Waals surface area contributed by atoms with Crippen LogP contribution < -0.4 is 10.0 Å². The number of carbonyl (C=O) groups is 2. The normalized spacial score (nSPS) is 36.6. The predicted molar refractivity (Wildman–Crippen MR) is 163 cm³/mol. The Bertz CT molecular complexity index is 1140. The molecule has 48 heavy (non-hydrogen) atoms. The Morgan fingerprint density at radius 2 is 1.77 bits per heavy atom. The van der Waals surface area contributed by atoms with Crippen molar-refractivity contribution < 1.29 is 74.3 Å². The fourth-order valence-electron chi connectivity index (χ4n) is 6.93. The third kappa shape index (κ3) is 10.1. The number of aliphatic carboxylic acids is 1. The quantitative estimate of drug-likeness (QED) is 0.0648. The van der Waals surface area contributed by atoms with Crippen molar-refractivity contribution in [1.82, 2.24) is 0 Å². The van der Waals surface area contributed by atoms with Crippen molar-refractivity contribution in [3.05, 3.63) is 35.6 Å². The minimum absolute atomic E-state index is 0.00334. The van der Waals surface area contributed by atoms with E-state index >= 15 is 0 Å². The Labute approximate surface area is 279 Å². The van der Waals surface area contributed by atoms with Crippen LogP contribution in [0.3, 0.4) is 0 Å². The van der Waals surface area contributed by atoms with Crippen LogP contribution in [0.4, 0.5) is 0 Å². The summed E-state index contributed by atoms with van der Waals surface area (Å²) in [5, 5.41) is 81.3. The highest BCUT2D eigenvalue weighted by Crippen LogP contribution is 2.39. The van der Waals surface area contributed by atoms with Crippen LogP contribution in [0.2, 0.25) is 0 Å². The summed E-state index contributed by atoms with van der Waals surface area (Å²) in [5.41, 5.74) is 1.22. The number of ether oxygens (including phenoxy) is 4. The van der Waals surface area contributed by atoms with Gasteiger partial charge in [0.15, 0.2) is 6.29 Å². The summed E-state index contributed by atoms with van der Waals surface area (Å²) in [6, 6.07) is 0. The number of quaternary nitrogens is 1. The Hall–Kier alpha value is -2.44. The summed E-state index contributed by atoms with van der Waals surface area (Å²) >= 11 is 0. The molecule has 272 valence electrons. The lowest BCUT2D eigenvalue weighted by molar-refractivity contribution is -0.911. The van der Waals surface area contributed by atoms with Gasteiger partial charge in [0.1, 0.15) is 31.0 Å². The van der Waals surface area contributed by atoms with Gasteiger partial charge in [-0.15, -0.1) is 0 Å². The highest BCUT2D eigenvalue weighted by atomic mass is 16.8. The molecule has 3 fully saturated rings. The lowest BCUT2D eigenvalue weighted by Crippen LogP contribution is -3.15. The SMILES string of the molecule is O=C(OCC[C@H](O)CO)C1=CO[C@@H](O[C@H]2O[C@H](CO)[C@@H](O)[C@H](O)[C@H]2O)[C@H](C=C2CCCCC2)[C@H]1C=CC1CC(C(=O)[O-])C[NH+](CCO)C1. The van der Waals surface area contributed by atoms with Gasteiger partial charge in [0, 0.05) is 24.2 Å². The number of aliphatic hydroxyl groups is 7. The first kappa shape index (κ1) is 38.4. The lowest BCUT2D eigenvalue weighted by Gasteiger charge is -2.43. The first-order valence-electron chi connectivity index (χ1n) is 16.9. The number of hydrogen-bond acceptors (Lipinski definition) is 14. The van der Waals surface area contributed by atoms with E-state index < -0.39 is 86.0 Å². The molecule has 15 nitrogen and oxygen atoms in total. The number of allylic oxidation sites excluding steroid dienone is 2. The number of hydrogen-bond donors (Lipinski definition) is 8. The summed E-state index contributed by atoms with van der Waals surface area (Å²) in [6.07, 6.45) is 1.73. The number of nitrogens with one attached hydrogen (secondary N) is 1. The summed E-state index contributed by atoms with van der Waals surface area (Å²) in [6.45, 7) is -0.201. The number of carboxylic acids is 1. The molecule has 0 spiro atoms. The van der Waals surface area contributed by atoms with Crippen LogP contribution in [0.1, 0.15) is 44.9 Å². The fraction of sp³-hybridized carbons (Fsp3) is 0.758. The second-order valence-electron chi connectivity index (χ2n) is 13.2. The number of aliphatic hydroxyl groups excluding tert-OH is 7. The Morgan fingerprint density at radius 1 is 1.02 bits per heavy atom. The highest BCUT2D eigenvalue weighted by Gasteiger charge is 2.47. The third-order valence-corrected chi connectivity index (χ3v) is 9.65. The maximum atomic E-state index is 13.5. The fourth-order valence-corrected chi connectivity index (χ4v) is 6.93. The molecule has 3 aliphatic heterocycles. The van der Waals surface area contributed by atoms with E-state index in [-0.39, 0.29) is 31.1 Å². The number of rotatable bonds is 14. The summed E-state index contributed by atoms with van der Waals surface area (Å²) in [7, 11) is 0. The van der Waals surface area contributed by atoms with Gasteiger partial charge in [-0.1, -0.05) is 30.2 Å². The predicted octanol–water partition coefficient (Wildman–Crippen LogP) is -3.73. The van der Waals surface area contributed by atoms with Gasteiger partial charge in [-0.05, 0) is 32.1 Å². The summed E-state index contributed by atoms with van der Waals surface area (Å²) < 4.78 is 23.1. The van der Waals surface area contributed by atoms with E-state index in [1.165, 1.54) is 6.26 Å². The molecule has 4 rings (SSSR count). The van der Waals surface area contributed by atoms with Crippen molar-refractivity contribution in [3.63, 3.8) is 0 Å². The smallest absolute Gasteiger partial charge is 0.337 e. The number of carboxylic acid groups (broad SMARTS) is 1. The lowest BCUT2D eigenvalue weighted by atomic mass is 9.79. The van der Waals surface area contributed by atoms with Crippen molar-refractivity contribution in [2.75, 3.05) is 46.1 Å². The van der Waals surface area contributed by atoms with Crippen LogP contribution in [0.25, 0.3) is 0 Å². The molecule has 0 radical (unpaired) electrons. The molecule has 4 aliphatic rings. The Balaban J connectivity index is 1.68. The summed E-state index contributed by atoms with van der Waals surface area (Å²) in [4.78, 5) is 26.2. The molecular formula is C33H51NO14. The minimum atomic E-state index is -1.69. The Morgan fingerprint density at radius 3 is 2.44 bits per heavy atom. The van der Waals surface area contributed by atoms with E-state index in [1.807, 2.05) is 12.2 Å². The molecule has 0 amide bonds. The van der Waals surface area contributed by atoms with E-state index in [1.54, 1.807) is 6.08 Å². The molecule has 2 saturated heterocycles. The first-order chi connectivity index (χ1) is 23.1. The maximum absolute atomic E-state index is 13.5. The van der Waals surface area contributed by atoms with Gasteiger partial charge in [0.05, 0.1) is 69.3 Å². The Kier molecular flexibility index (Phi) is 14.8. The number of carbonyl (C=O) groups excluding carboxylic acids is 2. The molecule has 1 aliphatic carbocycles. The standard InChI is InChI=1S/C33H51NO14/c35-10-9-34-14-20(12-21(15-34)30(42)43)6-7-23-24(13-19-4-2-1-3-5-19)32(46-18-25(23)31(44)45-11-8-22(38)16-36)48-33-29(41)28(40)27(39)26(17-37)47-33/h6-7,13,18,20-24,26-29,32-33,35-41H,1-5,8-12,14-17H2,(H,42,43)/t20?,21?,22-,23+,24+,26+,27+,28-,29+,32-,33+/m0/s1. The van der Waals surface area contributed by atoms with Crippen LogP contribution in [0.15, 0.2) is 35.6 Å². The van der Waals surface area contributed by atoms with Crippen molar-refractivity contribution in [2.24, 2.45) is 23.7 Å². The maximum Gasteiger partial charge on any atom is 0.337 e. The zero-order chi connectivity index (χ0) is 34.8. The average Bonchev–Trinajstić information content (AvgIpc) is 3.08. The molecule has 8 N–H and O–H groups in total. The highest BCUT2D eigenvalue weighted by molar-refractivity contribution is 5.89. The number of esters is 1. The average molecular weight is 686 g/mol. The number of likely N-dealkylation sites (tertiary alicyclic amines) is 1. The molecule has 0 aromatic heterocycles. The second-order valence-corrected chi connectivity index (χ2v) is 13.2. The van der Waals surface area contributed by atoms with Crippen molar-refractivity contribution in [3.8, 4) is 0 Å². The van der Waals surface area contributed by atoms with Gasteiger partial charge >= 0.3 is 5.97 Å². The van der Waals surface area contributed by atoms with Crippen molar-refractivity contribution in [1.29, 1.82) is 0 Å². The third-order valence-electron chi connectivity index (χ3n) is 9.65. The molecule has 3 heterocycles. The molecule has 3 unspecified atom stereocenters. The molecule has 1 saturated carbocycles. The van der Waals surface area contributed by atoms with E-state index in [4.69, 9.17) is 24.1 Å². The molecule has 12 atom stereocenters. The van der Waals surface area contributed by atoms with Gasteiger partial charge in [-0.25, -0.2) is 4.79 Å². The van der Waals surface area contributed by atoms with Crippen molar-refractivity contribution in [2.45, 2.75) is 88.0 Å². The van der Waals surface area contributed by atoms with E-state index in [0.29, 0.717) is 26.1 Å². The largest absolute Gasteiger partial charge is 0.550 e. The second kappa shape index (κ2) is 18.5. The van der Waals surface area contributed by atoms with E-state index in [9.17, 15) is 45.3 Å². The van der Waals surface area contributed by atoms with E-state index in [2.05, 4.69) is 0 Å². The van der Waals surface area contributed by atoms with Crippen LogP contribution in [0.5, 0.6) is 0 Å². The first-order valence-corrected chi connectivity index (χ1v) is 16.9. The van der Waals surface area contributed by atoms with Gasteiger partial charge in [0.25, 0.3) is 0 Å². The zero-order valence-corrected chi connectivity index (χ0v) is 27.0.